The molecule has 4 rings (SSSR count). The van der Waals surface area contributed by atoms with Gasteiger partial charge in [0.15, 0.2) is 0 Å². The largest absolute Gasteiger partial charge is 0.351 e. The summed E-state index contributed by atoms with van der Waals surface area (Å²) >= 11 is 0. The predicted molar refractivity (Wildman–Crippen MR) is 123 cm³/mol. The minimum absolute atomic E-state index is 0.0970. The maximum atomic E-state index is 13.8. The van der Waals surface area contributed by atoms with Crippen LogP contribution in [0.3, 0.4) is 0 Å². The molecule has 7 nitrogen and oxygen atoms in total. The fourth-order valence-electron chi connectivity index (χ4n) is 4.52. The highest BCUT2D eigenvalue weighted by Gasteiger charge is 2.44. The van der Waals surface area contributed by atoms with Crippen LogP contribution in [0, 0.1) is 31.1 Å². The van der Waals surface area contributed by atoms with Crippen molar-refractivity contribution >= 4 is 15.9 Å². The smallest absolute Gasteiger partial charge is 0.268 e. The molecule has 2 aromatic carbocycles. The first-order valence-electron chi connectivity index (χ1n) is 11.3. The number of hydrogen-bond acceptors (Lipinski definition) is 5. The van der Waals surface area contributed by atoms with Gasteiger partial charge >= 0.3 is 0 Å². The predicted octanol–water partition coefficient (Wildman–Crippen LogP) is 3.37. The summed E-state index contributed by atoms with van der Waals surface area (Å²) in [5, 5.41) is 9.36. The summed E-state index contributed by atoms with van der Waals surface area (Å²) in [6.07, 6.45) is 0.831. The van der Waals surface area contributed by atoms with Crippen molar-refractivity contribution in [3.8, 4) is 6.07 Å². The van der Waals surface area contributed by atoms with E-state index in [0.29, 0.717) is 19.4 Å². The van der Waals surface area contributed by atoms with Crippen LogP contribution in [0.15, 0.2) is 53.4 Å². The molecule has 2 aliphatic rings. The molecule has 0 bridgehead atoms. The lowest BCUT2D eigenvalue weighted by Gasteiger charge is -2.33. The number of ether oxygens (including phenoxy) is 1. The first-order chi connectivity index (χ1) is 15.8. The number of aryl methyl sites for hydroxylation is 2. The molecule has 0 unspecified atom stereocenters. The Labute approximate surface area is 195 Å². The Hall–Kier alpha value is -2.73. The minimum atomic E-state index is -3.89. The third-order valence-corrected chi connectivity index (χ3v) is 8.33. The van der Waals surface area contributed by atoms with Gasteiger partial charge < -0.3 is 9.64 Å². The van der Waals surface area contributed by atoms with E-state index in [9.17, 15) is 18.5 Å². The Balaban J connectivity index is 1.62. The van der Waals surface area contributed by atoms with E-state index < -0.39 is 16.3 Å². The van der Waals surface area contributed by atoms with Crippen molar-refractivity contribution in [3.05, 3.63) is 65.2 Å². The molecule has 1 amide bonds. The quantitative estimate of drug-likeness (QED) is 0.650. The van der Waals surface area contributed by atoms with Crippen molar-refractivity contribution in [2.45, 2.75) is 56.8 Å². The normalized spacial score (nSPS) is 23.4. The van der Waals surface area contributed by atoms with Crippen LogP contribution in [-0.4, -0.2) is 49.0 Å². The van der Waals surface area contributed by atoms with E-state index in [1.54, 1.807) is 29.2 Å². The summed E-state index contributed by atoms with van der Waals surface area (Å²) < 4.78 is 33.5. The zero-order chi connectivity index (χ0) is 23.6. The van der Waals surface area contributed by atoms with Gasteiger partial charge in [0, 0.05) is 25.0 Å². The molecule has 1 aliphatic heterocycles. The number of benzene rings is 2. The molecule has 1 saturated heterocycles. The number of hydrogen-bond donors (Lipinski definition) is 0. The molecule has 1 heterocycles. The maximum absolute atomic E-state index is 13.8. The van der Waals surface area contributed by atoms with Crippen molar-refractivity contribution in [1.82, 2.24) is 9.21 Å². The highest BCUT2D eigenvalue weighted by atomic mass is 32.2. The van der Waals surface area contributed by atoms with Crippen molar-refractivity contribution in [2.24, 2.45) is 5.92 Å². The molecule has 0 aromatic heterocycles. The van der Waals surface area contributed by atoms with Crippen LogP contribution < -0.4 is 0 Å². The second kappa shape index (κ2) is 9.64. The first kappa shape index (κ1) is 23.4. The molecule has 8 heteroatoms. The van der Waals surface area contributed by atoms with Crippen LogP contribution in [0.4, 0.5) is 0 Å². The van der Waals surface area contributed by atoms with E-state index in [2.05, 4.69) is 6.07 Å². The Kier molecular flexibility index (Phi) is 6.84. The van der Waals surface area contributed by atoms with Gasteiger partial charge in [0.25, 0.3) is 5.91 Å². The number of nitrogens with zero attached hydrogens (tertiary/aromatic N) is 3. The summed E-state index contributed by atoms with van der Waals surface area (Å²) in [6.45, 7) is 4.52. The van der Waals surface area contributed by atoms with Gasteiger partial charge in [0.05, 0.1) is 17.6 Å². The van der Waals surface area contributed by atoms with Crippen molar-refractivity contribution in [1.29, 1.82) is 5.26 Å². The monoisotopic (exact) mass is 467 g/mol. The van der Waals surface area contributed by atoms with E-state index in [1.807, 2.05) is 38.1 Å². The van der Waals surface area contributed by atoms with E-state index >= 15 is 0 Å². The number of amides is 1. The second-order valence-corrected chi connectivity index (χ2v) is 10.8. The van der Waals surface area contributed by atoms with Gasteiger partial charge in [-0.25, -0.2) is 8.42 Å². The zero-order valence-corrected chi connectivity index (χ0v) is 19.8. The van der Waals surface area contributed by atoms with Crippen LogP contribution in [0.5, 0.6) is 0 Å². The van der Waals surface area contributed by atoms with Crippen molar-refractivity contribution in [2.75, 3.05) is 13.2 Å². The summed E-state index contributed by atoms with van der Waals surface area (Å²) in [5.74, 6) is -0.465. The van der Waals surface area contributed by atoms with Crippen LogP contribution in [0.25, 0.3) is 0 Å². The summed E-state index contributed by atoms with van der Waals surface area (Å²) in [5.41, 5.74) is 3.04. The maximum Gasteiger partial charge on any atom is 0.268 e. The topological polar surface area (TPSA) is 90.7 Å². The van der Waals surface area contributed by atoms with Gasteiger partial charge in [-0.3, -0.25) is 4.79 Å². The van der Waals surface area contributed by atoms with Crippen molar-refractivity contribution in [3.63, 3.8) is 0 Å². The fourth-order valence-corrected chi connectivity index (χ4v) is 5.99. The van der Waals surface area contributed by atoms with Crippen LogP contribution in [-0.2, 0) is 26.1 Å². The SMILES string of the molecule is Cc1ccc(CN(C(=O)[C@H]2OCCN2S(=O)(=O)c2ccc(C)cc2)[C@@H]2CC[C@H](C#N)C2)cc1. The van der Waals surface area contributed by atoms with Gasteiger partial charge in [-0.2, -0.15) is 9.57 Å². The molecule has 174 valence electrons. The third-order valence-electron chi connectivity index (χ3n) is 6.47. The molecule has 33 heavy (non-hydrogen) atoms. The molecular formula is C25H29N3O4S. The Morgan fingerprint density at radius 1 is 1.09 bits per heavy atom. The van der Waals surface area contributed by atoms with Crippen LogP contribution in [0.1, 0.15) is 36.0 Å². The molecule has 3 atom stereocenters. The third kappa shape index (κ3) is 4.96. The number of carbonyl (C=O) groups is 1. The molecule has 0 N–H and O–H groups in total. The number of carbonyl (C=O) groups excluding carboxylic acids is 1. The summed E-state index contributed by atoms with van der Waals surface area (Å²) in [6, 6.07) is 16.7. The average Bonchev–Trinajstić information content (AvgIpc) is 3.49. The molecule has 0 radical (unpaired) electrons. The lowest BCUT2D eigenvalue weighted by atomic mass is 10.1. The molecule has 1 aliphatic carbocycles. The molecule has 0 spiro atoms. The first-order valence-corrected chi connectivity index (χ1v) is 12.7. The van der Waals surface area contributed by atoms with E-state index in [0.717, 1.165) is 23.1 Å². The van der Waals surface area contributed by atoms with Gasteiger partial charge in [-0.15, -0.1) is 0 Å². The van der Waals surface area contributed by atoms with Gasteiger partial charge in [0.1, 0.15) is 0 Å². The zero-order valence-electron chi connectivity index (χ0n) is 19.0. The van der Waals surface area contributed by atoms with Gasteiger partial charge in [-0.05, 0) is 50.8 Å². The van der Waals surface area contributed by atoms with Gasteiger partial charge in [0.2, 0.25) is 16.3 Å². The lowest BCUT2D eigenvalue weighted by Crippen LogP contribution is -2.50. The van der Waals surface area contributed by atoms with E-state index in [1.165, 1.54) is 4.31 Å². The number of sulfonamides is 1. The van der Waals surface area contributed by atoms with Crippen LogP contribution >= 0.6 is 0 Å². The standard InChI is InChI=1S/C25H29N3O4S/c1-18-3-7-20(8-4-18)17-27(22-10-9-21(15-22)16-26)24(29)25-28(13-14-32-25)33(30,31)23-11-5-19(2)6-12-23/h3-8,11-12,21-22,25H,9-10,13-15,17H2,1-2H3/t21-,22+,25+/m0/s1. The van der Waals surface area contributed by atoms with Gasteiger partial charge in [-0.1, -0.05) is 47.5 Å². The Bertz CT molecular complexity index is 1140. The fraction of sp³-hybridized carbons (Fsp3) is 0.440. The highest BCUT2D eigenvalue weighted by molar-refractivity contribution is 7.89. The van der Waals surface area contributed by atoms with E-state index in [4.69, 9.17) is 4.74 Å². The van der Waals surface area contributed by atoms with Crippen molar-refractivity contribution < 1.29 is 17.9 Å². The molecular weight excluding hydrogens is 438 g/mol. The minimum Gasteiger partial charge on any atom is -0.351 e. The summed E-state index contributed by atoms with van der Waals surface area (Å²) in [7, 11) is -3.89. The van der Waals surface area contributed by atoms with E-state index in [-0.39, 0.29) is 35.9 Å². The molecule has 2 aromatic rings. The molecule has 2 fully saturated rings. The summed E-state index contributed by atoms with van der Waals surface area (Å²) in [4.78, 5) is 15.6. The average molecular weight is 468 g/mol. The number of rotatable bonds is 6. The Morgan fingerprint density at radius 3 is 2.33 bits per heavy atom. The van der Waals surface area contributed by atoms with Crippen LogP contribution in [0.2, 0.25) is 0 Å². The lowest BCUT2D eigenvalue weighted by molar-refractivity contribution is -0.148. The molecule has 1 saturated carbocycles. The Morgan fingerprint density at radius 2 is 1.73 bits per heavy atom. The second-order valence-electron chi connectivity index (χ2n) is 8.90. The number of nitriles is 1. The highest BCUT2D eigenvalue weighted by Crippen LogP contribution is 2.32.